The Hall–Kier alpha value is -2.14. The number of rotatable bonds is 5. The van der Waals surface area contributed by atoms with E-state index in [1.165, 1.54) is 0 Å². The van der Waals surface area contributed by atoms with Crippen LogP contribution >= 0.6 is 0 Å². The standard InChI is InChI=1S/C15H17N5.ClH/c1-12-18-14-6-3-2-5-13(14)15(19-12)17-7-4-9-20-10-8-16-11-20;/h2-3,5-6,8,10-11H,4,7,9H2,1H3,(H,17,18,19);1H/p-1. The van der Waals surface area contributed by atoms with Gasteiger partial charge < -0.3 is 22.3 Å². The van der Waals surface area contributed by atoms with Gasteiger partial charge in [-0.3, -0.25) is 0 Å². The average molecular weight is 303 g/mol. The van der Waals surface area contributed by atoms with Crippen LogP contribution in [0.4, 0.5) is 5.82 Å². The molecule has 110 valence electrons. The van der Waals surface area contributed by atoms with Crippen LogP contribution in [0, 0.1) is 6.92 Å². The lowest BCUT2D eigenvalue weighted by atomic mass is 10.2. The number of hydrogen-bond acceptors (Lipinski definition) is 4. The molecule has 0 bridgehead atoms. The van der Waals surface area contributed by atoms with Crippen molar-refractivity contribution in [1.29, 1.82) is 0 Å². The Morgan fingerprint density at radius 1 is 1.19 bits per heavy atom. The van der Waals surface area contributed by atoms with Crippen molar-refractivity contribution in [2.75, 3.05) is 11.9 Å². The summed E-state index contributed by atoms with van der Waals surface area (Å²) in [6.07, 6.45) is 6.64. The van der Waals surface area contributed by atoms with E-state index in [1.807, 2.05) is 43.7 Å². The highest BCUT2D eigenvalue weighted by molar-refractivity contribution is 5.88. The predicted octanol–water partition coefficient (Wildman–Crippen LogP) is -0.359. The number of imidazole rings is 1. The fourth-order valence-corrected chi connectivity index (χ4v) is 2.21. The van der Waals surface area contributed by atoms with Gasteiger partial charge in [-0.05, 0) is 25.5 Å². The summed E-state index contributed by atoms with van der Waals surface area (Å²) < 4.78 is 2.07. The molecule has 21 heavy (non-hydrogen) atoms. The van der Waals surface area contributed by atoms with Crippen LogP contribution in [-0.2, 0) is 6.54 Å². The van der Waals surface area contributed by atoms with Gasteiger partial charge in [-0.15, -0.1) is 0 Å². The van der Waals surface area contributed by atoms with Crippen molar-refractivity contribution in [3.63, 3.8) is 0 Å². The zero-order valence-electron chi connectivity index (χ0n) is 11.8. The molecule has 2 aromatic heterocycles. The maximum absolute atomic E-state index is 4.49. The monoisotopic (exact) mass is 302 g/mol. The normalized spacial score (nSPS) is 10.3. The average Bonchev–Trinajstić information content (AvgIpc) is 2.96. The number of halogens is 1. The molecular formula is C15H17ClN5-. The van der Waals surface area contributed by atoms with E-state index in [4.69, 9.17) is 0 Å². The Kier molecular flexibility index (Phi) is 5.11. The third kappa shape index (κ3) is 3.70. The van der Waals surface area contributed by atoms with Crippen molar-refractivity contribution in [2.45, 2.75) is 19.9 Å². The number of hydrogen-bond donors (Lipinski definition) is 1. The highest BCUT2D eigenvalue weighted by atomic mass is 35.5. The van der Waals surface area contributed by atoms with Crippen LogP contribution in [0.15, 0.2) is 43.0 Å². The quantitative estimate of drug-likeness (QED) is 0.654. The summed E-state index contributed by atoms with van der Waals surface area (Å²) in [5.41, 5.74) is 0.983. The number of para-hydroxylation sites is 1. The summed E-state index contributed by atoms with van der Waals surface area (Å²) in [5, 5.41) is 4.48. The predicted molar refractivity (Wildman–Crippen MR) is 79.6 cm³/mol. The van der Waals surface area contributed by atoms with Crippen LogP contribution in [-0.4, -0.2) is 26.1 Å². The summed E-state index contributed by atoms with van der Waals surface area (Å²) in [6.45, 7) is 3.75. The number of nitrogens with one attached hydrogen (secondary N) is 1. The molecule has 0 radical (unpaired) electrons. The molecule has 0 aliphatic rings. The van der Waals surface area contributed by atoms with Gasteiger partial charge in [0.2, 0.25) is 0 Å². The van der Waals surface area contributed by atoms with E-state index >= 15 is 0 Å². The smallest absolute Gasteiger partial charge is 0.137 e. The minimum atomic E-state index is 0. The van der Waals surface area contributed by atoms with E-state index in [9.17, 15) is 0 Å². The molecule has 5 nitrogen and oxygen atoms in total. The maximum Gasteiger partial charge on any atom is 0.137 e. The number of aromatic nitrogens is 4. The van der Waals surface area contributed by atoms with E-state index in [0.29, 0.717) is 0 Å². The Morgan fingerprint density at radius 3 is 2.86 bits per heavy atom. The van der Waals surface area contributed by atoms with Crippen LogP contribution in [0.5, 0.6) is 0 Å². The molecule has 1 aromatic carbocycles. The molecule has 3 rings (SSSR count). The third-order valence-electron chi connectivity index (χ3n) is 3.16. The molecule has 0 unspecified atom stereocenters. The van der Waals surface area contributed by atoms with E-state index < -0.39 is 0 Å². The first kappa shape index (κ1) is 15.3. The molecule has 1 N–H and O–H groups in total. The van der Waals surface area contributed by atoms with Crippen LogP contribution in [0.2, 0.25) is 0 Å². The van der Waals surface area contributed by atoms with Crippen molar-refractivity contribution in [2.24, 2.45) is 0 Å². The molecule has 0 saturated heterocycles. The van der Waals surface area contributed by atoms with Gasteiger partial charge in [0.25, 0.3) is 0 Å². The first-order valence-electron chi connectivity index (χ1n) is 6.76. The summed E-state index contributed by atoms with van der Waals surface area (Å²) >= 11 is 0. The number of benzene rings is 1. The molecule has 0 saturated carbocycles. The molecule has 3 aromatic rings. The van der Waals surface area contributed by atoms with Crippen molar-refractivity contribution in [1.82, 2.24) is 19.5 Å². The molecule has 2 heterocycles. The van der Waals surface area contributed by atoms with E-state index in [0.717, 1.165) is 42.1 Å². The van der Waals surface area contributed by atoms with Gasteiger partial charge in [-0.25, -0.2) is 15.0 Å². The van der Waals surface area contributed by atoms with Gasteiger partial charge in [0, 0.05) is 30.9 Å². The second-order valence-corrected chi connectivity index (χ2v) is 4.72. The fraction of sp³-hybridized carbons (Fsp3) is 0.267. The summed E-state index contributed by atoms with van der Waals surface area (Å²) in [4.78, 5) is 13.0. The summed E-state index contributed by atoms with van der Waals surface area (Å²) in [5.74, 6) is 1.71. The highest BCUT2D eigenvalue weighted by Gasteiger charge is 2.04. The second-order valence-electron chi connectivity index (χ2n) is 4.72. The van der Waals surface area contributed by atoms with Crippen molar-refractivity contribution in [3.05, 3.63) is 48.8 Å². The molecule has 0 aliphatic carbocycles. The zero-order valence-corrected chi connectivity index (χ0v) is 12.6. The number of aryl methyl sites for hydroxylation is 2. The molecule has 6 heteroatoms. The van der Waals surface area contributed by atoms with E-state index in [1.54, 1.807) is 6.20 Å². The van der Waals surface area contributed by atoms with Gasteiger partial charge in [0.05, 0.1) is 11.8 Å². The zero-order chi connectivity index (χ0) is 13.8. The Labute approximate surface area is 129 Å². The van der Waals surface area contributed by atoms with Gasteiger partial charge in [-0.2, -0.15) is 0 Å². The molecular weight excluding hydrogens is 286 g/mol. The van der Waals surface area contributed by atoms with Crippen LogP contribution < -0.4 is 17.7 Å². The van der Waals surface area contributed by atoms with Crippen LogP contribution in [0.1, 0.15) is 12.2 Å². The number of nitrogens with zero attached hydrogens (tertiary/aromatic N) is 4. The summed E-state index contributed by atoms with van der Waals surface area (Å²) in [6, 6.07) is 8.07. The van der Waals surface area contributed by atoms with Gasteiger partial charge in [-0.1, -0.05) is 12.1 Å². The molecule has 0 atom stereocenters. The van der Waals surface area contributed by atoms with Crippen LogP contribution in [0.25, 0.3) is 10.9 Å². The first-order chi connectivity index (χ1) is 9.83. The highest BCUT2D eigenvalue weighted by Crippen LogP contribution is 2.19. The van der Waals surface area contributed by atoms with Gasteiger partial charge in [0.15, 0.2) is 0 Å². The molecule has 0 spiro atoms. The van der Waals surface area contributed by atoms with Crippen molar-refractivity contribution in [3.8, 4) is 0 Å². The van der Waals surface area contributed by atoms with Crippen LogP contribution in [0.3, 0.4) is 0 Å². The molecule has 0 aliphatic heterocycles. The largest absolute Gasteiger partial charge is 1.00 e. The molecule has 0 fully saturated rings. The molecule has 0 amide bonds. The lowest BCUT2D eigenvalue weighted by Crippen LogP contribution is -3.00. The Morgan fingerprint density at radius 2 is 2.05 bits per heavy atom. The van der Waals surface area contributed by atoms with Crippen molar-refractivity contribution < 1.29 is 12.4 Å². The van der Waals surface area contributed by atoms with E-state index in [2.05, 4.69) is 24.8 Å². The second kappa shape index (κ2) is 7.04. The minimum absolute atomic E-state index is 0. The first-order valence-corrected chi connectivity index (χ1v) is 6.76. The lowest BCUT2D eigenvalue weighted by molar-refractivity contribution is -0.00000437. The van der Waals surface area contributed by atoms with Gasteiger partial charge in [0.1, 0.15) is 11.6 Å². The fourth-order valence-electron chi connectivity index (χ4n) is 2.21. The topological polar surface area (TPSA) is 55.6 Å². The van der Waals surface area contributed by atoms with E-state index in [-0.39, 0.29) is 12.4 Å². The lowest BCUT2D eigenvalue weighted by Gasteiger charge is -2.09. The van der Waals surface area contributed by atoms with Gasteiger partial charge >= 0.3 is 0 Å². The Bertz CT molecular complexity index is 696. The SMILES string of the molecule is Cc1nc(NCCCn2ccnc2)c2ccccc2n1.[Cl-]. The summed E-state index contributed by atoms with van der Waals surface area (Å²) in [7, 11) is 0. The maximum atomic E-state index is 4.49. The minimum Gasteiger partial charge on any atom is -1.00 e. The van der Waals surface area contributed by atoms with Crippen molar-refractivity contribution >= 4 is 16.7 Å². The number of fused-ring (bicyclic) bond motifs is 1. The third-order valence-corrected chi connectivity index (χ3v) is 3.16. The Balaban J connectivity index is 0.00000161. The number of anilines is 1.